The minimum atomic E-state index is -0.881. The molecule has 2 aliphatic carbocycles. The number of rotatable bonds is 7. The van der Waals surface area contributed by atoms with Crippen molar-refractivity contribution in [3.63, 3.8) is 0 Å². The van der Waals surface area contributed by atoms with Crippen LogP contribution in [-0.4, -0.2) is 18.2 Å². The normalized spacial score (nSPS) is 17.3. The zero-order valence-electron chi connectivity index (χ0n) is 23.1. The molecular formula is C34H35FO4. The van der Waals surface area contributed by atoms with E-state index < -0.39 is 5.97 Å². The molecule has 0 aliphatic heterocycles. The maximum atomic E-state index is 15.1. The van der Waals surface area contributed by atoms with E-state index in [1.165, 1.54) is 11.6 Å². The molecule has 4 nitrogen and oxygen atoms in total. The fourth-order valence-corrected chi connectivity index (χ4v) is 5.86. The van der Waals surface area contributed by atoms with Crippen LogP contribution >= 0.6 is 0 Å². The summed E-state index contributed by atoms with van der Waals surface area (Å²) < 4.78 is 26.7. The Kier molecular flexibility index (Phi) is 7.35. The molecule has 39 heavy (non-hydrogen) atoms. The molecule has 2 aliphatic rings. The number of halogens is 1. The molecule has 0 saturated heterocycles. The van der Waals surface area contributed by atoms with E-state index in [-0.39, 0.29) is 11.2 Å². The number of benzene rings is 3. The highest BCUT2D eigenvalue weighted by Gasteiger charge is 2.30. The number of ether oxygens (including phenoxy) is 2. The van der Waals surface area contributed by atoms with Crippen molar-refractivity contribution < 1.29 is 23.8 Å². The van der Waals surface area contributed by atoms with Gasteiger partial charge >= 0.3 is 5.97 Å². The molecule has 0 aromatic heterocycles. The van der Waals surface area contributed by atoms with Crippen LogP contribution in [-0.2, 0) is 17.8 Å². The van der Waals surface area contributed by atoms with Gasteiger partial charge in [0.05, 0.1) is 7.11 Å². The molecule has 0 saturated carbocycles. The number of carboxylic acid groups (broad SMARTS) is 1. The Balaban J connectivity index is 1.49. The summed E-state index contributed by atoms with van der Waals surface area (Å²) in [6.45, 7) is 6.49. The van der Waals surface area contributed by atoms with Crippen LogP contribution in [0.1, 0.15) is 68.7 Å². The molecule has 0 amide bonds. The maximum absolute atomic E-state index is 15.1. The van der Waals surface area contributed by atoms with Crippen LogP contribution in [0.25, 0.3) is 22.3 Å². The lowest BCUT2D eigenvalue weighted by molar-refractivity contribution is -0.132. The molecule has 0 fully saturated rings. The number of carbonyl (C=O) groups is 1. The van der Waals surface area contributed by atoms with E-state index in [0.29, 0.717) is 29.2 Å². The Morgan fingerprint density at radius 3 is 2.44 bits per heavy atom. The highest BCUT2D eigenvalue weighted by atomic mass is 19.1. The number of aryl methyl sites for hydroxylation is 1. The monoisotopic (exact) mass is 526 g/mol. The molecule has 202 valence electrons. The number of hydrogen-bond donors (Lipinski definition) is 1. The summed E-state index contributed by atoms with van der Waals surface area (Å²) in [5.41, 5.74) is 7.96. The second kappa shape index (κ2) is 10.7. The smallest absolute Gasteiger partial charge is 0.331 e. The van der Waals surface area contributed by atoms with Crippen LogP contribution in [0.4, 0.5) is 4.39 Å². The minimum Gasteiger partial charge on any atom is -0.497 e. The Morgan fingerprint density at radius 1 is 0.949 bits per heavy atom. The van der Waals surface area contributed by atoms with E-state index >= 15 is 4.39 Å². The van der Waals surface area contributed by atoms with Crippen molar-refractivity contribution in [2.24, 2.45) is 5.41 Å². The second-order valence-corrected chi connectivity index (χ2v) is 11.1. The van der Waals surface area contributed by atoms with Crippen LogP contribution in [0.3, 0.4) is 0 Å². The van der Waals surface area contributed by atoms with E-state index in [0.717, 1.165) is 65.5 Å². The SMILES string of the molecule is COc1ccc(F)c(-c2ccc(COc3ccc4c(c3)/C(=C(/C)C(=O)O)CCC4)cc2C2=CCCC2(C)C)c1. The van der Waals surface area contributed by atoms with Gasteiger partial charge in [-0.1, -0.05) is 38.1 Å². The lowest BCUT2D eigenvalue weighted by atomic mass is 9.79. The van der Waals surface area contributed by atoms with Gasteiger partial charge in [0.1, 0.15) is 23.9 Å². The highest BCUT2D eigenvalue weighted by Crippen LogP contribution is 2.47. The van der Waals surface area contributed by atoms with Gasteiger partial charge in [-0.3, -0.25) is 0 Å². The van der Waals surface area contributed by atoms with Crippen LogP contribution in [0.5, 0.6) is 11.5 Å². The topological polar surface area (TPSA) is 55.8 Å². The van der Waals surface area contributed by atoms with E-state index in [1.54, 1.807) is 26.2 Å². The van der Waals surface area contributed by atoms with Crippen LogP contribution in [0.15, 0.2) is 66.2 Å². The summed E-state index contributed by atoms with van der Waals surface area (Å²) in [6, 6.07) is 16.9. The number of fused-ring (bicyclic) bond motifs is 1. The molecular weight excluding hydrogens is 491 g/mol. The van der Waals surface area contributed by atoms with Gasteiger partial charge in [0, 0.05) is 11.1 Å². The fourth-order valence-electron chi connectivity index (χ4n) is 5.86. The number of carboxylic acids is 1. The Labute approximate surface area is 229 Å². The quantitative estimate of drug-likeness (QED) is 0.314. The minimum absolute atomic E-state index is 0.0210. The lowest BCUT2D eigenvalue weighted by Crippen LogP contribution is -2.10. The molecule has 5 heteroatoms. The third-order valence-electron chi connectivity index (χ3n) is 8.14. The predicted octanol–water partition coefficient (Wildman–Crippen LogP) is 8.48. The lowest BCUT2D eigenvalue weighted by Gasteiger charge is -2.26. The van der Waals surface area contributed by atoms with Gasteiger partial charge in [-0.05, 0) is 120 Å². The molecule has 0 heterocycles. The predicted molar refractivity (Wildman–Crippen MR) is 153 cm³/mol. The van der Waals surface area contributed by atoms with E-state index in [9.17, 15) is 9.90 Å². The molecule has 0 spiro atoms. The molecule has 0 unspecified atom stereocenters. The summed E-state index contributed by atoms with van der Waals surface area (Å²) in [5, 5.41) is 9.56. The summed E-state index contributed by atoms with van der Waals surface area (Å²) in [4.78, 5) is 11.7. The van der Waals surface area contributed by atoms with Crippen LogP contribution in [0, 0.1) is 11.2 Å². The molecule has 5 rings (SSSR count). The summed E-state index contributed by atoms with van der Waals surface area (Å²) in [6.07, 6.45) is 6.94. The van der Waals surface area contributed by atoms with Gasteiger partial charge in [0.2, 0.25) is 0 Å². The van der Waals surface area contributed by atoms with Crippen molar-refractivity contribution >= 4 is 17.1 Å². The molecule has 3 aromatic rings. The fraction of sp³-hybridized carbons (Fsp3) is 0.324. The van der Waals surface area contributed by atoms with Gasteiger partial charge in [0.15, 0.2) is 0 Å². The van der Waals surface area contributed by atoms with E-state index in [2.05, 4.69) is 26.0 Å². The highest BCUT2D eigenvalue weighted by molar-refractivity contribution is 5.96. The second-order valence-electron chi connectivity index (χ2n) is 11.1. The van der Waals surface area contributed by atoms with Crippen LogP contribution in [0.2, 0.25) is 0 Å². The van der Waals surface area contributed by atoms with Crippen LogP contribution < -0.4 is 9.47 Å². The van der Waals surface area contributed by atoms with Crippen molar-refractivity contribution in [3.05, 3.63) is 94.3 Å². The molecule has 0 atom stereocenters. The number of methoxy groups -OCH3 is 1. The molecule has 1 N–H and O–H groups in total. The van der Waals surface area contributed by atoms with Crippen molar-refractivity contribution in [1.82, 2.24) is 0 Å². The van der Waals surface area contributed by atoms with Gasteiger partial charge < -0.3 is 14.6 Å². The Morgan fingerprint density at radius 2 is 1.72 bits per heavy atom. The molecule has 3 aromatic carbocycles. The van der Waals surface area contributed by atoms with Gasteiger partial charge in [0.25, 0.3) is 0 Å². The zero-order valence-corrected chi connectivity index (χ0v) is 23.1. The first kappa shape index (κ1) is 26.7. The van der Waals surface area contributed by atoms with Crippen molar-refractivity contribution in [1.29, 1.82) is 0 Å². The first-order chi connectivity index (χ1) is 18.7. The average Bonchev–Trinajstić information content (AvgIpc) is 3.29. The van der Waals surface area contributed by atoms with Crippen molar-refractivity contribution in [2.45, 2.75) is 59.5 Å². The number of hydrogen-bond acceptors (Lipinski definition) is 3. The largest absolute Gasteiger partial charge is 0.497 e. The first-order valence-corrected chi connectivity index (χ1v) is 13.5. The maximum Gasteiger partial charge on any atom is 0.331 e. The van der Waals surface area contributed by atoms with E-state index in [4.69, 9.17) is 9.47 Å². The standard InChI is InChI=1S/C34H35FO4/c1-21(33(36)37)26-8-5-7-23-11-12-25(19-28(23)26)39-20-22-10-14-27(30-18-24(38-4)13-15-32(30)35)29(17-22)31-9-6-16-34(31,2)3/h9-15,17-19H,5-8,16,20H2,1-4H3,(H,36,37)/b26-21-. The summed E-state index contributed by atoms with van der Waals surface area (Å²) in [5.74, 6) is 0.153. The first-order valence-electron chi connectivity index (χ1n) is 13.5. The molecule has 0 bridgehead atoms. The third-order valence-corrected chi connectivity index (χ3v) is 8.14. The average molecular weight is 527 g/mol. The molecule has 0 radical (unpaired) electrons. The summed E-state index contributed by atoms with van der Waals surface area (Å²) in [7, 11) is 1.59. The van der Waals surface area contributed by atoms with Crippen molar-refractivity contribution in [2.75, 3.05) is 7.11 Å². The number of aliphatic carboxylic acids is 1. The summed E-state index contributed by atoms with van der Waals surface area (Å²) >= 11 is 0. The van der Waals surface area contributed by atoms with Crippen molar-refractivity contribution in [3.8, 4) is 22.6 Å². The zero-order chi connectivity index (χ0) is 27.7. The van der Waals surface area contributed by atoms with Gasteiger partial charge in [-0.25, -0.2) is 9.18 Å². The van der Waals surface area contributed by atoms with Gasteiger partial charge in [-0.2, -0.15) is 0 Å². The Hall–Kier alpha value is -3.86. The van der Waals surface area contributed by atoms with Gasteiger partial charge in [-0.15, -0.1) is 0 Å². The Bertz CT molecular complexity index is 1500. The van der Waals surface area contributed by atoms with E-state index in [1.807, 2.05) is 30.3 Å². The third kappa shape index (κ3) is 5.36. The number of allylic oxidation sites excluding steroid dienone is 3.